The molecule has 0 unspecified atom stereocenters. The van der Waals surface area contributed by atoms with Crippen LogP contribution < -0.4 is 0 Å². The summed E-state index contributed by atoms with van der Waals surface area (Å²) in [6, 6.07) is 0. The molecule has 3 N–H and O–H groups in total. The van der Waals surface area contributed by atoms with Gasteiger partial charge in [0, 0.05) is 0 Å². The highest BCUT2D eigenvalue weighted by atomic mass is 16.4. The standard InChI is InChI=1S/C4H8O4/c5-1-3(7)4(8)2-6/h1,3-4,6-8H,2H2/t3-,4+/m0/s1/i4+1. The van der Waals surface area contributed by atoms with Crippen molar-refractivity contribution in [2.75, 3.05) is 6.61 Å². The Morgan fingerprint density at radius 3 is 2.12 bits per heavy atom. The van der Waals surface area contributed by atoms with Crippen LogP contribution in [0.5, 0.6) is 0 Å². The molecule has 0 aromatic rings. The van der Waals surface area contributed by atoms with Crippen molar-refractivity contribution in [3.63, 3.8) is 0 Å². The van der Waals surface area contributed by atoms with Crippen molar-refractivity contribution in [1.82, 2.24) is 0 Å². The molecule has 0 bridgehead atoms. The number of aliphatic hydroxyl groups excluding tert-OH is 3. The Morgan fingerprint density at radius 2 is 2.00 bits per heavy atom. The molecule has 0 amide bonds. The number of rotatable bonds is 3. The lowest BCUT2D eigenvalue weighted by atomic mass is 10.5. The molecule has 0 aliphatic carbocycles. The van der Waals surface area contributed by atoms with Gasteiger partial charge in [0.1, 0.15) is 12.2 Å². The summed E-state index contributed by atoms with van der Waals surface area (Å²) in [5.74, 6) is 0. The number of hydrogen-bond donors (Lipinski definition) is 3. The van der Waals surface area contributed by atoms with E-state index < -0.39 is 18.8 Å². The Hall–Kier alpha value is -0.450. The molecule has 4 heteroatoms. The van der Waals surface area contributed by atoms with Crippen LogP contribution in [0.3, 0.4) is 0 Å². The minimum atomic E-state index is -1.46. The topological polar surface area (TPSA) is 77.8 Å². The molecule has 8 heavy (non-hydrogen) atoms. The van der Waals surface area contributed by atoms with Gasteiger partial charge in [0.15, 0.2) is 6.29 Å². The maximum Gasteiger partial charge on any atom is 0.151 e. The lowest BCUT2D eigenvalue weighted by Gasteiger charge is -2.06. The van der Waals surface area contributed by atoms with Crippen LogP contribution in [-0.4, -0.2) is 40.4 Å². The van der Waals surface area contributed by atoms with E-state index in [9.17, 15) is 4.79 Å². The average molecular weight is 121 g/mol. The first-order valence-corrected chi connectivity index (χ1v) is 2.14. The summed E-state index contributed by atoms with van der Waals surface area (Å²) in [6.45, 7) is -0.597. The molecular weight excluding hydrogens is 113 g/mol. The molecular formula is C4H8O4. The van der Waals surface area contributed by atoms with E-state index in [1.54, 1.807) is 0 Å². The van der Waals surface area contributed by atoms with Crippen molar-refractivity contribution in [3.05, 3.63) is 0 Å². The maximum absolute atomic E-state index is 9.58. The molecule has 2 atom stereocenters. The van der Waals surface area contributed by atoms with Crippen LogP contribution in [0.4, 0.5) is 0 Å². The van der Waals surface area contributed by atoms with Gasteiger partial charge in [-0.15, -0.1) is 0 Å². The summed E-state index contributed by atoms with van der Waals surface area (Å²) in [6.07, 6.45) is -2.63. The van der Waals surface area contributed by atoms with Crippen molar-refractivity contribution in [1.29, 1.82) is 0 Å². The molecule has 0 rings (SSSR count). The van der Waals surface area contributed by atoms with E-state index in [4.69, 9.17) is 15.3 Å². The first-order valence-electron chi connectivity index (χ1n) is 2.14. The maximum atomic E-state index is 9.58. The Bertz CT molecular complexity index is 72.4. The highest BCUT2D eigenvalue weighted by Gasteiger charge is 2.12. The van der Waals surface area contributed by atoms with Crippen LogP contribution in [-0.2, 0) is 4.79 Å². The predicted octanol–water partition coefficient (Wildman–Crippen LogP) is -2.10. The quantitative estimate of drug-likeness (QED) is 0.295. The van der Waals surface area contributed by atoms with E-state index in [-0.39, 0.29) is 6.29 Å². The zero-order valence-electron chi connectivity index (χ0n) is 4.19. The Morgan fingerprint density at radius 1 is 1.50 bits per heavy atom. The number of aldehydes is 1. The predicted molar refractivity (Wildman–Crippen MR) is 25.2 cm³/mol. The zero-order valence-corrected chi connectivity index (χ0v) is 4.19. The molecule has 0 aliphatic rings. The van der Waals surface area contributed by atoms with Gasteiger partial charge in [-0.1, -0.05) is 0 Å². The van der Waals surface area contributed by atoms with E-state index >= 15 is 0 Å². The van der Waals surface area contributed by atoms with Gasteiger partial charge in [-0.3, -0.25) is 0 Å². The van der Waals surface area contributed by atoms with E-state index in [1.165, 1.54) is 0 Å². The van der Waals surface area contributed by atoms with Crippen molar-refractivity contribution in [2.45, 2.75) is 12.2 Å². The molecule has 0 radical (unpaired) electrons. The molecule has 0 aromatic heterocycles. The fourth-order valence-corrected chi connectivity index (χ4v) is 0.199. The summed E-state index contributed by atoms with van der Waals surface area (Å²) < 4.78 is 0. The van der Waals surface area contributed by atoms with Gasteiger partial charge in [-0.25, -0.2) is 0 Å². The molecule has 0 aliphatic heterocycles. The molecule has 48 valence electrons. The third-order valence-corrected chi connectivity index (χ3v) is 0.721. The molecule has 0 spiro atoms. The summed E-state index contributed by atoms with van der Waals surface area (Å²) in [5, 5.41) is 24.8. The molecule has 0 aromatic carbocycles. The highest BCUT2D eigenvalue weighted by Crippen LogP contribution is 1.85. The second-order valence-electron chi connectivity index (χ2n) is 1.38. The Kier molecular flexibility index (Phi) is 3.34. The first-order chi connectivity index (χ1) is 3.72. The van der Waals surface area contributed by atoms with E-state index in [2.05, 4.69) is 0 Å². The van der Waals surface area contributed by atoms with E-state index in [1.807, 2.05) is 0 Å². The number of aliphatic hydroxyl groups is 3. The molecule has 0 saturated heterocycles. The fraction of sp³-hybridized carbons (Fsp3) is 0.750. The van der Waals surface area contributed by atoms with Crippen LogP contribution in [0.15, 0.2) is 0 Å². The summed E-state index contributed by atoms with van der Waals surface area (Å²) in [7, 11) is 0. The first kappa shape index (κ1) is 7.55. The van der Waals surface area contributed by atoms with Gasteiger partial charge in [0.05, 0.1) is 6.61 Å². The average Bonchev–Trinajstić information content (AvgIpc) is 1.84. The SMILES string of the molecule is O=C[C@H](O)[13C@H](O)CO. The number of hydrogen-bond acceptors (Lipinski definition) is 4. The minimum Gasteiger partial charge on any atom is -0.394 e. The lowest BCUT2D eigenvalue weighted by molar-refractivity contribution is -0.121. The van der Waals surface area contributed by atoms with Crippen molar-refractivity contribution >= 4 is 6.29 Å². The number of carbonyl (C=O) groups excluding carboxylic acids is 1. The van der Waals surface area contributed by atoms with Crippen LogP contribution in [0.1, 0.15) is 0 Å². The Labute approximate surface area is 46.4 Å². The smallest absolute Gasteiger partial charge is 0.151 e. The molecule has 4 nitrogen and oxygen atoms in total. The second-order valence-corrected chi connectivity index (χ2v) is 1.38. The lowest BCUT2D eigenvalue weighted by Crippen LogP contribution is -2.30. The van der Waals surface area contributed by atoms with Gasteiger partial charge in [0.25, 0.3) is 0 Å². The second kappa shape index (κ2) is 3.54. The third-order valence-electron chi connectivity index (χ3n) is 0.721. The van der Waals surface area contributed by atoms with Crippen molar-refractivity contribution in [3.8, 4) is 0 Å². The summed E-state index contributed by atoms with van der Waals surface area (Å²) >= 11 is 0. The van der Waals surface area contributed by atoms with Crippen LogP contribution >= 0.6 is 0 Å². The normalized spacial score (nSPS) is 17.4. The monoisotopic (exact) mass is 121 g/mol. The van der Waals surface area contributed by atoms with Gasteiger partial charge in [0.2, 0.25) is 0 Å². The summed E-state index contributed by atoms with van der Waals surface area (Å²) in [5.41, 5.74) is 0. The van der Waals surface area contributed by atoms with Crippen LogP contribution in [0, 0.1) is 0 Å². The molecule has 0 saturated carbocycles. The van der Waals surface area contributed by atoms with Crippen LogP contribution in [0.2, 0.25) is 0 Å². The Balaban J connectivity index is 3.44. The number of carbonyl (C=O) groups is 1. The van der Waals surface area contributed by atoms with Crippen molar-refractivity contribution < 1.29 is 20.1 Å². The van der Waals surface area contributed by atoms with Gasteiger partial charge >= 0.3 is 0 Å². The minimum absolute atomic E-state index is 0.168. The van der Waals surface area contributed by atoms with E-state index in [0.717, 1.165) is 0 Å². The molecule has 0 heterocycles. The largest absolute Gasteiger partial charge is 0.394 e. The molecule has 0 fully saturated rings. The van der Waals surface area contributed by atoms with E-state index in [0.29, 0.717) is 0 Å². The van der Waals surface area contributed by atoms with Crippen molar-refractivity contribution in [2.24, 2.45) is 0 Å². The van der Waals surface area contributed by atoms with Gasteiger partial charge in [-0.2, -0.15) is 0 Å². The summed E-state index contributed by atoms with van der Waals surface area (Å²) in [4.78, 5) is 9.58. The highest BCUT2D eigenvalue weighted by molar-refractivity contribution is 5.56. The zero-order chi connectivity index (χ0) is 6.57. The third kappa shape index (κ3) is 2.02. The van der Waals surface area contributed by atoms with Gasteiger partial charge in [-0.05, 0) is 0 Å². The fourth-order valence-electron chi connectivity index (χ4n) is 0.199. The van der Waals surface area contributed by atoms with Gasteiger partial charge < -0.3 is 20.1 Å². The van der Waals surface area contributed by atoms with Crippen LogP contribution in [0.25, 0.3) is 0 Å².